The maximum absolute atomic E-state index is 4.43. The Morgan fingerprint density at radius 2 is 2.22 bits per heavy atom. The third-order valence-corrected chi connectivity index (χ3v) is 3.64. The summed E-state index contributed by atoms with van der Waals surface area (Å²) in [6, 6.07) is 6.72. The van der Waals surface area contributed by atoms with Crippen LogP contribution in [0.1, 0.15) is 32.9 Å². The third kappa shape index (κ3) is 3.79. The van der Waals surface area contributed by atoms with E-state index in [1.54, 1.807) is 0 Å². The molecule has 0 saturated carbocycles. The molecule has 0 amide bonds. The largest absolute Gasteiger partial charge is 0.312 e. The zero-order valence-corrected chi connectivity index (χ0v) is 11.8. The van der Waals surface area contributed by atoms with Gasteiger partial charge >= 0.3 is 0 Å². The molecule has 2 heterocycles. The van der Waals surface area contributed by atoms with Crippen molar-refractivity contribution in [3.8, 4) is 0 Å². The predicted octanol–water partition coefficient (Wildman–Crippen LogP) is 2.29. The van der Waals surface area contributed by atoms with E-state index >= 15 is 0 Å². The van der Waals surface area contributed by atoms with Gasteiger partial charge in [0.25, 0.3) is 0 Å². The summed E-state index contributed by atoms with van der Waals surface area (Å²) in [5, 5.41) is 3.68. The van der Waals surface area contributed by atoms with Gasteiger partial charge < -0.3 is 5.32 Å². The Hall–Kier alpha value is -0.930. The number of rotatable bonds is 2. The van der Waals surface area contributed by atoms with Crippen LogP contribution in [0.2, 0.25) is 0 Å². The van der Waals surface area contributed by atoms with Crippen molar-refractivity contribution in [3.63, 3.8) is 0 Å². The fourth-order valence-electron chi connectivity index (χ4n) is 2.44. The molecule has 1 fully saturated rings. The normalized spacial score (nSPS) is 22.7. The number of aromatic nitrogens is 1. The van der Waals surface area contributed by atoms with Gasteiger partial charge in [-0.05, 0) is 37.1 Å². The highest BCUT2D eigenvalue weighted by molar-refractivity contribution is 5.03. The minimum Gasteiger partial charge on any atom is -0.312 e. The average Bonchev–Trinajstić information content (AvgIpc) is 2.55. The molecule has 2 rings (SSSR count). The van der Waals surface area contributed by atoms with E-state index in [1.807, 2.05) is 12.3 Å². The van der Waals surface area contributed by atoms with Gasteiger partial charge in [-0.1, -0.05) is 26.8 Å². The molecule has 1 saturated heterocycles. The van der Waals surface area contributed by atoms with E-state index in [1.165, 1.54) is 12.1 Å². The minimum absolute atomic E-state index is 0.312. The van der Waals surface area contributed by atoms with E-state index in [0.717, 1.165) is 26.2 Å². The Morgan fingerprint density at radius 1 is 1.39 bits per heavy atom. The summed E-state index contributed by atoms with van der Waals surface area (Å²) in [5.41, 5.74) is 1.49. The Bertz CT molecular complexity index is 356. The quantitative estimate of drug-likeness (QED) is 0.869. The second kappa shape index (κ2) is 5.81. The molecule has 1 N–H and O–H groups in total. The Balaban J connectivity index is 1.99. The molecule has 1 aromatic heterocycles. The lowest BCUT2D eigenvalue weighted by atomic mass is 9.86. The maximum atomic E-state index is 4.43. The van der Waals surface area contributed by atoms with Crippen molar-refractivity contribution >= 4 is 0 Å². The van der Waals surface area contributed by atoms with Crippen LogP contribution in [0.4, 0.5) is 0 Å². The fourth-order valence-corrected chi connectivity index (χ4v) is 2.44. The lowest BCUT2D eigenvalue weighted by Crippen LogP contribution is -2.46. The van der Waals surface area contributed by atoms with E-state index in [-0.39, 0.29) is 0 Å². The summed E-state index contributed by atoms with van der Waals surface area (Å²) in [7, 11) is 0. The summed E-state index contributed by atoms with van der Waals surface area (Å²) in [4.78, 5) is 6.95. The van der Waals surface area contributed by atoms with E-state index in [9.17, 15) is 0 Å². The van der Waals surface area contributed by atoms with Gasteiger partial charge in [0.2, 0.25) is 0 Å². The van der Waals surface area contributed by atoms with Crippen LogP contribution < -0.4 is 5.32 Å². The van der Waals surface area contributed by atoms with Crippen LogP contribution in [-0.2, 0) is 6.54 Å². The lowest BCUT2D eigenvalue weighted by Gasteiger charge is -2.33. The first-order valence-corrected chi connectivity index (χ1v) is 6.91. The molecule has 1 aromatic rings. The zero-order chi connectivity index (χ0) is 13.0. The molecular weight excluding hydrogens is 222 g/mol. The van der Waals surface area contributed by atoms with Gasteiger partial charge in [0.15, 0.2) is 0 Å². The molecule has 3 nitrogen and oxygen atoms in total. The summed E-state index contributed by atoms with van der Waals surface area (Å²) >= 11 is 0. The monoisotopic (exact) mass is 247 g/mol. The van der Waals surface area contributed by atoms with Crippen LogP contribution in [0, 0.1) is 5.41 Å². The van der Waals surface area contributed by atoms with Gasteiger partial charge in [-0.15, -0.1) is 0 Å². The smallest absolute Gasteiger partial charge is 0.0543 e. The molecular formula is C15H25N3. The topological polar surface area (TPSA) is 28.2 Å². The van der Waals surface area contributed by atoms with Gasteiger partial charge in [0, 0.05) is 25.3 Å². The molecule has 0 aliphatic carbocycles. The summed E-state index contributed by atoms with van der Waals surface area (Å²) in [6.45, 7) is 11.3. The van der Waals surface area contributed by atoms with Crippen LogP contribution in [0.15, 0.2) is 24.4 Å². The van der Waals surface area contributed by atoms with Crippen LogP contribution in [0.25, 0.3) is 0 Å². The van der Waals surface area contributed by atoms with E-state index in [4.69, 9.17) is 0 Å². The SMILES string of the molecule is CC(C)(C)C1CN(Cc2ccccn2)CCCN1. The Kier molecular flexibility index (Phi) is 4.36. The first-order valence-electron chi connectivity index (χ1n) is 6.91. The number of nitrogens with zero attached hydrogens (tertiary/aromatic N) is 2. The second-order valence-electron chi connectivity index (χ2n) is 6.28. The molecule has 100 valence electrons. The predicted molar refractivity (Wildman–Crippen MR) is 75.4 cm³/mol. The first-order chi connectivity index (χ1) is 8.55. The zero-order valence-electron chi connectivity index (χ0n) is 11.8. The molecule has 3 heteroatoms. The number of hydrogen-bond donors (Lipinski definition) is 1. The fraction of sp³-hybridized carbons (Fsp3) is 0.667. The number of hydrogen-bond acceptors (Lipinski definition) is 3. The molecule has 1 aliphatic heterocycles. The van der Waals surface area contributed by atoms with Crippen LogP contribution in [0.3, 0.4) is 0 Å². The van der Waals surface area contributed by atoms with Crippen LogP contribution in [0.5, 0.6) is 0 Å². The van der Waals surface area contributed by atoms with Crippen LogP contribution in [-0.4, -0.2) is 35.6 Å². The Morgan fingerprint density at radius 3 is 2.89 bits per heavy atom. The standard InChI is InChI=1S/C15H25N3/c1-15(2,3)14-12-18(10-6-9-17-14)11-13-7-4-5-8-16-13/h4-5,7-8,14,17H,6,9-12H2,1-3H3. The molecule has 0 aromatic carbocycles. The highest BCUT2D eigenvalue weighted by Crippen LogP contribution is 2.22. The maximum Gasteiger partial charge on any atom is 0.0543 e. The highest BCUT2D eigenvalue weighted by atomic mass is 15.2. The molecule has 0 bridgehead atoms. The summed E-state index contributed by atoms with van der Waals surface area (Å²) in [5.74, 6) is 0. The average molecular weight is 247 g/mol. The lowest BCUT2D eigenvalue weighted by molar-refractivity contribution is 0.191. The molecule has 1 atom stereocenters. The van der Waals surface area contributed by atoms with Gasteiger partial charge in [0.1, 0.15) is 0 Å². The van der Waals surface area contributed by atoms with Crippen molar-refractivity contribution in [2.75, 3.05) is 19.6 Å². The van der Waals surface area contributed by atoms with Crippen molar-refractivity contribution in [3.05, 3.63) is 30.1 Å². The highest BCUT2D eigenvalue weighted by Gasteiger charge is 2.27. The van der Waals surface area contributed by atoms with Crippen molar-refractivity contribution in [2.24, 2.45) is 5.41 Å². The van der Waals surface area contributed by atoms with Gasteiger partial charge in [-0.25, -0.2) is 0 Å². The van der Waals surface area contributed by atoms with Crippen molar-refractivity contribution in [1.82, 2.24) is 15.2 Å². The molecule has 0 radical (unpaired) electrons. The molecule has 18 heavy (non-hydrogen) atoms. The summed E-state index contributed by atoms with van der Waals surface area (Å²) in [6.07, 6.45) is 3.10. The second-order valence-corrected chi connectivity index (χ2v) is 6.28. The molecule has 0 spiro atoms. The van der Waals surface area contributed by atoms with E-state index in [2.05, 4.69) is 48.1 Å². The third-order valence-electron chi connectivity index (χ3n) is 3.64. The number of pyridine rings is 1. The van der Waals surface area contributed by atoms with E-state index in [0.29, 0.717) is 11.5 Å². The number of nitrogens with one attached hydrogen (secondary N) is 1. The molecule has 1 aliphatic rings. The van der Waals surface area contributed by atoms with Gasteiger partial charge in [-0.2, -0.15) is 0 Å². The first kappa shape index (κ1) is 13.5. The van der Waals surface area contributed by atoms with Gasteiger partial charge in [0.05, 0.1) is 5.69 Å². The van der Waals surface area contributed by atoms with Crippen molar-refractivity contribution < 1.29 is 0 Å². The van der Waals surface area contributed by atoms with Gasteiger partial charge in [-0.3, -0.25) is 9.88 Å². The van der Waals surface area contributed by atoms with Crippen LogP contribution >= 0.6 is 0 Å². The minimum atomic E-state index is 0.312. The molecule has 1 unspecified atom stereocenters. The van der Waals surface area contributed by atoms with Crippen molar-refractivity contribution in [2.45, 2.75) is 39.8 Å². The van der Waals surface area contributed by atoms with E-state index < -0.39 is 0 Å². The Labute approximate surface area is 111 Å². The van der Waals surface area contributed by atoms with Crippen molar-refractivity contribution in [1.29, 1.82) is 0 Å². The summed E-state index contributed by atoms with van der Waals surface area (Å²) < 4.78 is 0.